The van der Waals surface area contributed by atoms with Gasteiger partial charge in [-0.3, -0.25) is 4.98 Å². The predicted octanol–water partition coefficient (Wildman–Crippen LogP) is 4.62. The monoisotopic (exact) mass is 389 g/mol. The number of rotatable bonds is 7. The van der Waals surface area contributed by atoms with Crippen LogP contribution in [-0.2, 0) is 4.74 Å². The topological polar surface area (TPSA) is 57.1 Å². The van der Waals surface area contributed by atoms with Gasteiger partial charge in [0.1, 0.15) is 24.4 Å². The first kappa shape index (κ1) is 19.8. The second-order valence-electron chi connectivity index (χ2n) is 5.97. The summed E-state index contributed by atoms with van der Waals surface area (Å²) in [5.41, 5.74) is 1.97. The van der Waals surface area contributed by atoms with Gasteiger partial charge >= 0.3 is 0 Å². The number of nitrogens with zero attached hydrogens (tertiary/aromatic N) is 3. The Balaban J connectivity index is 2.19. The van der Waals surface area contributed by atoms with Gasteiger partial charge in [0.25, 0.3) is 6.43 Å². The number of hydrogen-bond acceptors (Lipinski definition) is 5. The lowest BCUT2D eigenvalue weighted by Crippen LogP contribution is -2.08. The lowest BCUT2D eigenvalue weighted by atomic mass is 9.99. The molecule has 0 radical (unpaired) electrons. The van der Waals surface area contributed by atoms with Crippen LogP contribution in [-0.4, -0.2) is 35.3 Å². The summed E-state index contributed by atoms with van der Waals surface area (Å²) in [6.07, 6.45) is -1.41. The quantitative estimate of drug-likeness (QED) is 0.552. The van der Waals surface area contributed by atoms with Gasteiger partial charge in [-0.1, -0.05) is 0 Å². The molecule has 8 heteroatoms. The molecule has 3 rings (SSSR count). The van der Waals surface area contributed by atoms with Gasteiger partial charge in [0.15, 0.2) is 0 Å². The van der Waals surface area contributed by atoms with Crippen LogP contribution in [0.4, 0.5) is 13.2 Å². The van der Waals surface area contributed by atoms with Gasteiger partial charge in [-0.2, -0.15) is 0 Å². The molecule has 0 fully saturated rings. The molecule has 0 saturated heterocycles. The minimum absolute atomic E-state index is 0.217. The molecular formula is C20H18F3N3O2. The first-order valence-electron chi connectivity index (χ1n) is 8.49. The van der Waals surface area contributed by atoms with Gasteiger partial charge in [0.05, 0.1) is 17.9 Å². The van der Waals surface area contributed by atoms with E-state index in [1.165, 1.54) is 31.6 Å². The minimum atomic E-state index is -2.73. The van der Waals surface area contributed by atoms with E-state index in [0.717, 1.165) is 0 Å². The third-order valence-corrected chi connectivity index (χ3v) is 3.94. The predicted molar refractivity (Wildman–Crippen MR) is 97.7 cm³/mol. The number of benzene rings is 1. The first-order valence-corrected chi connectivity index (χ1v) is 8.49. The summed E-state index contributed by atoms with van der Waals surface area (Å²) in [6.45, 7) is 2.17. The zero-order chi connectivity index (χ0) is 20.1. The van der Waals surface area contributed by atoms with E-state index in [2.05, 4.69) is 15.0 Å². The van der Waals surface area contributed by atoms with Crippen molar-refractivity contribution in [1.29, 1.82) is 0 Å². The standard InChI is InChI=1S/C20H18F3N3O2/c1-12-9-14(10-16(26-12)19(22)23)17-18(13-3-5-15(21)6-4-13)24-11-25-20(17)28-8-7-27-2/h3-6,9-11,19H,7-8H2,1-2H3. The van der Waals surface area contributed by atoms with Crippen LogP contribution in [0.5, 0.6) is 5.88 Å². The normalized spacial score (nSPS) is 11.1. The van der Waals surface area contributed by atoms with Crippen molar-refractivity contribution in [2.24, 2.45) is 0 Å². The van der Waals surface area contributed by atoms with Crippen molar-refractivity contribution in [2.45, 2.75) is 13.3 Å². The Bertz CT molecular complexity index is 950. The molecule has 3 aromatic rings. The van der Waals surface area contributed by atoms with Crippen LogP contribution in [0.15, 0.2) is 42.7 Å². The Morgan fingerprint density at radius 2 is 1.75 bits per heavy atom. The maximum atomic E-state index is 13.3. The average Bonchev–Trinajstić information content (AvgIpc) is 2.68. The number of pyridine rings is 1. The largest absolute Gasteiger partial charge is 0.475 e. The zero-order valence-electron chi connectivity index (χ0n) is 15.3. The van der Waals surface area contributed by atoms with Gasteiger partial charge in [-0.25, -0.2) is 23.1 Å². The Morgan fingerprint density at radius 1 is 1.00 bits per heavy atom. The number of aromatic nitrogens is 3. The summed E-state index contributed by atoms with van der Waals surface area (Å²) < 4.78 is 50.6. The van der Waals surface area contributed by atoms with E-state index in [0.29, 0.717) is 34.7 Å². The number of alkyl halides is 2. The smallest absolute Gasteiger partial charge is 0.280 e. The molecule has 0 bridgehead atoms. The Kier molecular flexibility index (Phi) is 6.20. The Labute approximate surface area is 160 Å². The molecule has 0 aliphatic carbocycles. The van der Waals surface area contributed by atoms with Crippen molar-refractivity contribution in [1.82, 2.24) is 15.0 Å². The highest BCUT2D eigenvalue weighted by atomic mass is 19.3. The lowest BCUT2D eigenvalue weighted by molar-refractivity contribution is 0.144. The maximum absolute atomic E-state index is 13.3. The molecule has 0 spiro atoms. The van der Waals surface area contributed by atoms with Gasteiger partial charge in [0, 0.05) is 18.4 Å². The molecule has 0 unspecified atom stereocenters. The molecule has 5 nitrogen and oxygen atoms in total. The first-order chi connectivity index (χ1) is 13.5. The summed E-state index contributed by atoms with van der Waals surface area (Å²) in [5, 5.41) is 0. The van der Waals surface area contributed by atoms with Gasteiger partial charge in [-0.05, 0) is 48.9 Å². The van der Waals surface area contributed by atoms with Crippen LogP contribution in [0.25, 0.3) is 22.4 Å². The number of methoxy groups -OCH3 is 1. The van der Waals surface area contributed by atoms with Gasteiger partial charge in [0.2, 0.25) is 5.88 Å². The molecule has 2 heterocycles. The lowest BCUT2D eigenvalue weighted by Gasteiger charge is -2.15. The molecule has 0 saturated carbocycles. The molecule has 28 heavy (non-hydrogen) atoms. The highest BCUT2D eigenvalue weighted by molar-refractivity contribution is 5.84. The van der Waals surface area contributed by atoms with Crippen molar-refractivity contribution in [3.63, 3.8) is 0 Å². The van der Waals surface area contributed by atoms with E-state index >= 15 is 0 Å². The number of halogens is 3. The fourth-order valence-electron chi connectivity index (χ4n) is 2.74. The molecule has 0 aliphatic heterocycles. The number of ether oxygens (including phenoxy) is 2. The van der Waals surface area contributed by atoms with E-state index in [4.69, 9.17) is 9.47 Å². The van der Waals surface area contributed by atoms with Crippen molar-refractivity contribution >= 4 is 0 Å². The van der Waals surface area contributed by atoms with Crippen LogP contribution < -0.4 is 4.74 Å². The maximum Gasteiger partial charge on any atom is 0.280 e. The average molecular weight is 389 g/mol. The van der Waals surface area contributed by atoms with Crippen LogP contribution in [0.1, 0.15) is 17.8 Å². The summed E-state index contributed by atoms with van der Waals surface area (Å²) in [5.74, 6) is -0.173. The minimum Gasteiger partial charge on any atom is -0.475 e. The molecule has 1 aromatic carbocycles. The highest BCUT2D eigenvalue weighted by Gasteiger charge is 2.20. The molecule has 0 N–H and O–H groups in total. The van der Waals surface area contributed by atoms with E-state index < -0.39 is 12.2 Å². The van der Waals surface area contributed by atoms with Crippen LogP contribution in [0.2, 0.25) is 0 Å². The molecule has 0 amide bonds. The fraction of sp³-hybridized carbons (Fsp3) is 0.250. The second-order valence-corrected chi connectivity index (χ2v) is 5.97. The van der Waals surface area contributed by atoms with Gasteiger partial charge < -0.3 is 9.47 Å². The van der Waals surface area contributed by atoms with Crippen molar-refractivity contribution in [3.8, 4) is 28.3 Å². The molecular weight excluding hydrogens is 371 g/mol. The summed E-state index contributed by atoms with van der Waals surface area (Å²) >= 11 is 0. The Morgan fingerprint density at radius 3 is 2.43 bits per heavy atom. The number of hydrogen-bond donors (Lipinski definition) is 0. The number of aryl methyl sites for hydroxylation is 1. The van der Waals surface area contributed by atoms with Crippen LogP contribution >= 0.6 is 0 Å². The van der Waals surface area contributed by atoms with E-state index in [-0.39, 0.29) is 18.2 Å². The van der Waals surface area contributed by atoms with E-state index in [9.17, 15) is 13.2 Å². The summed E-state index contributed by atoms with van der Waals surface area (Å²) in [6, 6.07) is 8.65. The van der Waals surface area contributed by atoms with Gasteiger partial charge in [-0.15, -0.1) is 0 Å². The van der Waals surface area contributed by atoms with Crippen molar-refractivity contribution < 1.29 is 22.6 Å². The van der Waals surface area contributed by atoms with Crippen molar-refractivity contribution in [3.05, 3.63) is 59.9 Å². The molecule has 0 atom stereocenters. The summed E-state index contributed by atoms with van der Waals surface area (Å²) in [7, 11) is 1.54. The molecule has 0 aliphatic rings. The van der Waals surface area contributed by atoms with Crippen LogP contribution in [0.3, 0.4) is 0 Å². The summed E-state index contributed by atoms with van der Waals surface area (Å²) in [4.78, 5) is 12.3. The SMILES string of the molecule is COCCOc1ncnc(-c2ccc(F)cc2)c1-c1cc(C)nc(C(F)F)c1. The van der Waals surface area contributed by atoms with Crippen molar-refractivity contribution in [2.75, 3.05) is 20.3 Å². The molecule has 146 valence electrons. The third-order valence-electron chi connectivity index (χ3n) is 3.94. The Hall–Kier alpha value is -3.00. The van der Waals surface area contributed by atoms with Crippen LogP contribution in [0, 0.1) is 12.7 Å². The highest BCUT2D eigenvalue weighted by Crippen LogP contribution is 2.37. The fourth-order valence-corrected chi connectivity index (χ4v) is 2.74. The molecule has 2 aromatic heterocycles. The van der Waals surface area contributed by atoms with E-state index in [1.54, 1.807) is 25.1 Å². The second kappa shape index (κ2) is 8.79. The zero-order valence-corrected chi connectivity index (χ0v) is 15.3. The van der Waals surface area contributed by atoms with E-state index in [1.807, 2.05) is 0 Å². The third kappa shape index (κ3) is 4.45.